The van der Waals surface area contributed by atoms with E-state index in [0.717, 1.165) is 18.3 Å². The molecule has 1 aliphatic rings. The van der Waals surface area contributed by atoms with Crippen LogP contribution in [0.2, 0.25) is 0 Å². The van der Waals surface area contributed by atoms with Crippen LogP contribution in [0.5, 0.6) is 5.75 Å². The van der Waals surface area contributed by atoms with Crippen molar-refractivity contribution in [3.05, 3.63) is 71.4 Å². The summed E-state index contributed by atoms with van der Waals surface area (Å²) in [5.74, 6) is -0.928. The average Bonchev–Trinajstić information content (AvgIpc) is 3.21. The van der Waals surface area contributed by atoms with Gasteiger partial charge in [-0.3, -0.25) is 19.8 Å². The maximum atomic E-state index is 14.6. The molecule has 9 heteroatoms. The number of fused-ring (bicyclic) bond motifs is 1. The van der Waals surface area contributed by atoms with Gasteiger partial charge in [0, 0.05) is 49.5 Å². The zero-order valence-electron chi connectivity index (χ0n) is 19.9. The van der Waals surface area contributed by atoms with Gasteiger partial charge in [-0.15, -0.1) is 0 Å². The lowest BCUT2D eigenvalue weighted by molar-refractivity contribution is 0.0288. The highest BCUT2D eigenvalue weighted by Gasteiger charge is 2.34. The number of pyridine rings is 2. The summed E-state index contributed by atoms with van der Waals surface area (Å²) in [5, 5.41) is 17.3. The summed E-state index contributed by atoms with van der Waals surface area (Å²) in [6.45, 7) is 7.94. The molecule has 5 rings (SSSR count). The Morgan fingerprint density at radius 1 is 1.17 bits per heavy atom. The predicted octanol–water partition coefficient (Wildman–Crippen LogP) is 3.91. The van der Waals surface area contributed by atoms with Gasteiger partial charge in [-0.2, -0.15) is 5.10 Å². The predicted molar refractivity (Wildman–Crippen MR) is 130 cm³/mol. The maximum Gasteiger partial charge on any atom is 0.255 e. The van der Waals surface area contributed by atoms with Crippen molar-refractivity contribution in [2.24, 2.45) is 0 Å². The molecule has 4 aromatic rings. The standard InChI is InChI=1S/C26H27FN6O2/c1-15-13-33(16(2)12-32(15)14-18-6-4-5-9-28-18)26(35)21-11-23(20-8-7-19(34)10-22(20)27)29-25-24(21)17(3)30-31-25/h4-11,15-16,34H,12-14H2,1-3H3,(H,29,30,31)/t15-,16+/m1/s1. The van der Waals surface area contributed by atoms with Crippen LogP contribution in [0, 0.1) is 12.7 Å². The largest absolute Gasteiger partial charge is 0.508 e. The smallest absolute Gasteiger partial charge is 0.255 e. The van der Waals surface area contributed by atoms with E-state index >= 15 is 0 Å². The van der Waals surface area contributed by atoms with Gasteiger partial charge in [0.1, 0.15) is 11.6 Å². The number of hydrogen-bond acceptors (Lipinski definition) is 6. The monoisotopic (exact) mass is 474 g/mol. The lowest BCUT2D eigenvalue weighted by Crippen LogP contribution is -2.57. The normalized spacial score (nSPS) is 18.8. The van der Waals surface area contributed by atoms with E-state index in [1.165, 1.54) is 12.1 Å². The van der Waals surface area contributed by atoms with E-state index in [9.17, 15) is 14.3 Å². The Morgan fingerprint density at radius 2 is 2.00 bits per heavy atom. The number of aromatic nitrogens is 4. The van der Waals surface area contributed by atoms with Gasteiger partial charge in [0.25, 0.3) is 5.91 Å². The highest BCUT2D eigenvalue weighted by atomic mass is 19.1. The molecule has 1 aliphatic heterocycles. The number of nitrogens with zero attached hydrogens (tertiary/aromatic N) is 5. The van der Waals surface area contributed by atoms with Gasteiger partial charge in [0.05, 0.1) is 28.0 Å². The second-order valence-corrected chi connectivity index (χ2v) is 9.16. The summed E-state index contributed by atoms with van der Waals surface area (Å²) in [6.07, 6.45) is 1.79. The Labute approximate surface area is 202 Å². The number of benzene rings is 1. The van der Waals surface area contributed by atoms with Crippen LogP contribution in [0.4, 0.5) is 4.39 Å². The van der Waals surface area contributed by atoms with Crippen LogP contribution in [0.3, 0.4) is 0 Å². The minimum absolute atomic E-state index is 0.0355. The van der Waals surface area contributed by atoms with Gasteiger partial charge in [-0.1, -0.05) is 6.07 Å². The number of aromatic hydroxyl groups is 1. The van der Waals surface area contributed by atoms with E-state index in [2.05, 4.69) is 32.0 Å². The molecular formula is C26H27FN6O2. The molecule has 1 amide bonds. The van der Waals surface area contributed by atoms with Crippen LogP contribution < -0.4 is 0 Å². The van der Waals surface area contributed by atoms with Crippen molar-refractivity contribution in [2.75, 3.05) is 13.1 Å². The first-order chi connectivity index (χ1) is 16.8. The Balaban J connectivity index is 1.48. The molecule has 8 nitrogen and oxygen atoms in total. The molecule has 35 heavy (non-hydrogen) atoms. The van der Waals surface area contributed by atoms with Gasteiger partial charge in [-0.05, 0) is 51.1 Å². The fourth-order valence-electron chi connectivity index (χ4n) is 4.76. The number of H-pyrrole nitrogens is 1. The number of nitrogens with one attached hydrogen (secondary N) is 1. The third-order valence-corrected chi connectivity index (χ3v) is 6.64. The maximum absolute atomic E-state index is 14.6. The summed E-state index contributed by atoms with van der Waals surface area (Å²) >= 11 is 0. The van der Waals surface area contributed by atoms with Crippen LogP contribution in [0.25, 0.3) is 22.3 Å². The first-order valence-corrected chi connectivity index (χ1v) is 11.6. The minimum atomic E-state index is -0.614. The first kappa shape index (κ1) is 22.9. The molecule has 4 heterocycles. The van der Waals surface area contributed by atoms with Crippen LogP contribution in [0.15, 0.2) is 48.7 Å². The SMILES string of the molecule is Cc1n[nH]c2nc(-c3ccc(O)cc3F)cc(C(=O)N3C[C@@H](C)N(Cc4ccccn4)C[C@@H]3C)c12. The molecular weight excluding hydrogens is 447 g/mol. The molecule has 0 bridgehead atoms. The molecule has 0 spiro atoms. The van der Waals surface area contributed by atoms with Crippen molar-refractivity contribution >= 4 is 16.9 Å². The second-order valence-electron chi connectivity index (χ2n) is 9.16. The van der Waals surface area contributed by atoms with Gasteiger partial charge in [0.15, 0.2) is 5.65 Å². The summed E-state index contributed by atoms with van der Waals surface area (Å²) in [5.41, 5.74) is 3.01. The lowest BCUT2D eigenvalue weighted by atomic mass is 10.0. The number of amides is 1. The molecule has 3 aromatic heterocycles. The Hall–Kier alpha value is -3.85. The zero-order valence-corrected chi connectivity index (χ0v) is 19.9. The third kappa shape index (κ3) is 4.35. The molecule has 0 unspecified atom stereocenters. The number of carbonyl (C=O) groups excluding carboxylic acids is 1. The van der Waals surface area contributed by atoms with Gasteiger partial charge >= 0.3 is 0 Å². The van der Waals surface area contributed by atoms with Crippen LogP contribution in [0.1, 0.15) is 35.6 Å². The third-order valence-electron chi connectivity index (χ3n) is 6.64. The Morgan fingerprint density at radius 3 is 2.74 bits per heavy atom. The van der Waals surface area contributed by atoms with Gasteiger partial charge in [0.2, 0.25) is 0 Å². The molecule has 0 aliphatic carbocycles. The summed E-state index contributed by atoms with van der Waals surface area (Å²) < 4.78 is 14.6. The Kier molecular flexibility index (Phi) is 5.94. The average molecular weight is 475 g/mol. The molecule has 1 saturated heterocycles. The molecule has 2 atom stereocenters. The molecule has 0 saturated carbocycles. The van der Waals surface area contributed by atoms with Crippen LogP contribution in [-0.2, 0) is 6.54 Å². The fraction of sp³-hybridized carbons (Fsp3) is 0.308. The van der Waals surface area contributed by atoms with Gasteiger partial charge in [-0.25, -0.2) is 9.37 Å². The number of carbonyl (C=O) groups is 1. The second kappa shape index (κ2) is 9.07. The van der Waals surface area contributed by atoms with Crippen molar-refractivity contribution in [2.45, 2.75) is 39.4 Å². The van der Waals surface area contributed by atoms with E-state index in [4.69, 9.17) is 0 Å². The van der Waals surface area contributed by atoms with Crippen molar-refractivity contribution < 1.29 is 14.3 Å². The Bertz CT molecular complexity index is 1390. The molecule has 0 radical (unpaired) electrons. The topological polar surface area (TPSA) is 98.2 Å². The quantitative estimate of drug-likeness (QED) is 0.465. The summed E-state index contributed by atoms with van der Waals surface area (Å²) in [7, 11) is 0. The number of halogens is 1. The van der Waals surface area contributed by atoms with E-state index in [1.54, 1.807) is 12.3 Å². The van der Waals surface area contributed by atoms with Crippen molar-refractivity contribution in [3.8, 4) is 17.0 Å². The van der Waals surface area contributed by atoms with Crippen molar-refractivity contribution in [1.82, 2.24) is 30.0 Å². The number of phenolic OH excluding ortho intramolecular Hbond substituents is 1. The molecule has 1 fully saturated rings. The summed E-state index contributed by atoms with van der Waals surface area (Å²) in [6, 6.07) is 11.5. The van der Waals surface area contributed by atoms with E-state index < -0.39 is 5.82 Å². The minimum Gasteiger partial charge on any atom is -0.508 e. The highest BCUT2D eigenvalue weighted by molar-refractivity contribution is 6.07. The molecule has 2 N–H and O–H groups in total. The van der Waals surface area contributed by atoms with Crippen molar-refractivity contribution in [3.63, 3.8) is 0 Å². The van der Waals surface area contributed by atoms with Crippen molar-refractivity contribution in [1.29, 1.82) is 0 Å². The van der Waals surface area contributed by atoms with Crippen LogP contribution in [-0.4, -0.2) is 66.2 Å². The number of rotatable bonds is 4. The number of hydrogen-bond donors (Lipinski definition) is 2. The number of aryl methyl sites for hydroxylation is 1. The summed E-state index contributed by atoms with van der Waals surface area (Å²) in [4.78, 5) is 27.1. The van der Waals surface area contributed by atoms with Gasteiger partial charge < -0.3 is 10.0 Å². The zero-order chi connectivity index (χ0) is 24.7. The number of aromatic amines is 1. The highest BCUT2D eigenvalue weighted by Crippen LogP contribution is 2.31. The van der Waals surface area contributed by atoms with E-state index in [0.29, 0.717) is 41.1 Å². The number of phenols is 1. The molecule has 1 aromatic carbocycles. The van der Waals surface area contributed by atoms with E-state index in [-0.39, 0.29) is 29.3 Å². The first-order valence-electron chi connectivity index (χ1n) is 11.6. The van der Waals surface area contributed by atoms with Crippen LogP contribution >= 0.6 is 0 Å². The number of piperazine rings is 1. The lowest BCUT2D eigenvalue weighted by Gasteiger charge is -2.44. The molecule has 180 valence electrons. The van der Waals surface area contributed by atoms with E-state index in [1.807, 2.05) is 36.9 Å². The fourth-order valence-corrected chi connectivity index (χ4v) is 4.76.